The van der Waals surface area contributed by atoms with E-state index in [1.54, 1.807) is 43.3 Å². The summed E-state index contributed by atoms with van der Waals surface area (Å²) in [7, 11) is 0. The van der Waals surface area contributed by atoms with E-state index in [2.05, 4.69) is 0 Å². The van der Waals surface area contributed by atoms with E-state index in [-0.39, 0.29) is 49.6 Å². The Balaban J connectivity index is 2.02. The van der Waals surface area contributed by atoms with E-state index in [1.165, 1.54) is 12.1 Å². The number of carbonyl (C=O) groups is 4. The van der Waals surface area contributed by atoms with Gasteiger partial charge in [-0.2, -0.15) is 0 Å². The molecule has 0 spiro atoms. The summed E-state index contributed by atoms with van der Waals surface area (Å²) in [4.78, 5) is 49.3. The molecule has 0 aromatic heterocycles. The van der Waals surface area contributed by atoms with E-state index in [4.69, 9.17) is 34.2 Å². The third-order valence-electron chi connectivity index (χ3n) is 6.30. The second kappa shape index (κ2) is 17.6. The molecular weight excluding hydrogens is 546 g/mol. The van der Waals surface area contributed by atoms with Gasteiger partial charge in [-0.3, -0.25) is 4.79 Å². The molecule has 0 bridgehead atoms. The summed E-state index contributed by atoms with van der Waals surface area (Å²) in [5.74, 6) is -1.16. The summed E-state index contributed by atoms with van der Waals surface area (Å²) >= 11 is 0. The van der Waals surface area contributed by atoms with Crippen molar-refractivity contribution in [1.29, 1.82) is 0 Å². The van der Waals surface area contributed by atoms with Crippen LogP contribution in [0.25, 0.3) is 0 Å². The van der Waals surface area contributed by atoms with Gasteiger partial charge in [0.25, 0.3) is 0 Å². The first-order valence-electron chi connectivity index (χ1n) is 14.0. The van der Waals surface area contributed by atoms with Crippen LogP contribution in [-0.2, 0) is 30.2 Å². The summed E-state index contributed by atoms with van der Waals surface area (Å²) in [6.07, 6.45) is -1.00. The Morgan fingerprint density at radius 2 is 1.31 bits per heavy atom. The molecule has 0 aliphatic carbocycles. The Morgan fingerprint density at radius 3 is 1.88 bits per heavy atom. The summed E-state index contributed by atoms with van der Waals surface area (Å²) < 4.78 is 31.4. The molecule has 0 saturated heterocycles. The molecule has 2 unspecified atom stereocenters. The van der Waals surface area contributed by atoms with Crippen LogP contribution in [0, 0.1) is 11.8 Å². The molecule has 0 amide bonds. The van der Waals surface area contributed by atoms with Gasteiger partial charge >= 0.3 is 24.2 Å². The minimum absolute atomic E-state index is 0.00797. The molecule has 230 valence electrons. The maximum atomic E-state index is 12.5. The minimum Gasteiger partial charge on any atom is -0.461 e. The Labute approximate surface area is 246 Å². The van der Waals surface area contributed by atoms with Crippen molar-refractivity contribution >= 4 is 24.2 Å². The molecule has 0 radical (unpaired) electrons. The normalized spacial score (nSPS) is 13.6. The van der Waals surface area contributed by atoms with E-state index in [9.17, 15) is 19.2 Å². The number of rotatable bonds is 15. The van der Waals surface area contributed by atoms with Gasteiger partial charge in [0.05, 0.1) is 18.8 Å². The van der Waals surface area contributed by atoms with E-state index >= 15 is 0 Å². The molecule has 42 heavy (non-hydrogen) atoms. The van der Waals surface area contributed by atoms with Crippen LogP contribution in [0.5, 0.6) is 11.5 Å². The van der Waals surface area contributed by atoms with Crippen molar-refractivity contribution in [2.24, 2.45) is 17.6 Å². The second-order valence-electron chi connectivity index (χ2n) is 10.2. The Kier molecular flexibility index (Phi) is 14.3. The van der Waals surface area contributed by atoms with Crippen LogP contribution < -0.4 is 15.2 Å². The van der Waals surface area contributed by atoms with E-state index < -0.39 is 36.4 Å². The molecule has 2 aromatic carbocycles. The van der Waals surface area contributed by atoms with Gasteiger partial charge < -0.3 is 34.2 Å². The number of benzene rings is 2. The zero-order chi connectivity index (χ0) is 31.1. The molecule has 2 aromatic rings. The van der Waals surface area contributed by atoms with Crippen LogP contribution in [0.1, 0.15) is 63.4 Å². The SMILES string of the molecule is CCC(C)COC(=O)Oc1ccc(C[C@H](N)C(=O)OC[C@H](C)OC(=O)c2ccccc2)cc1OC(=O)OCC(C)CC. The van der Waals surface area contributed by atoms with Gasteiger partial charge in [-0.1, -0.05) is 64.8 Å². The number of carbonyl (C=O) groups excluding carboxylic acids is 4. The molecule has 0 fully saturated rings. The van der Waals surface area contributed by atoms with Crippen molar-refractivity contribution in [2.45, 2.75) is 66.0 Å². The van der Waals surface area contributed by atoms with Crippen molar-refractivity contribution in [3.63, 3.8) is 0 Å². The highest BCUT2D eigenvalue weighted by Crippen LogP contribution is 2.30. The zero-order valence-corrected chi connectivity index (χ0v) is 24.8. The highest BCUT2D eigenvalue weighted by molar-refractivity contribution is 5.89. The first-order chi connectivity index (χ1) is 20.0. The number of esters is 2. The number of hydrogen-bond acceptors (Lipinski definition) is 11. The van der Waals surface area contributed by atoms with Crippen molar-refractivity contribution < 1.29 is 47.6 Å². The van der Waals surface area contributed by atoms with Crippen molar-refractivity contribution in [3.05, 3.63) is 59.7 Å². The lowest BCUT2D eigenvalue weighted by Gasteiger charge is -2.17. The highest BCUT2D eigenvalue weighted by Gasteiger charge is 2.22. The largest absolute Gasteiger partial charge is 0.513 e. The van der Waals surface area contributed by atoms with Gasteiger partial charge in [-0.15, -0.1) is 0 Å². The van der Waals surface area contributed by atoms with Crippen LogP contribution in [-0.4, -0.2) is 56.2 Å². The molecule has 0 aliphatic rings. The fourth-order valence-corrected chi connectivity index (χ4v) is 3.24. The van der Waals surface area contributed by atoms with Crippen LogP contribution in [0.3, 0.4) is 0 Å². The van der Waals surface area contributed by atoms with E-state index in [0.29, 0.717) is 11.1 Å². The van der Waals surface area contributed by atoms with Gasteiger partial charge in [0.15, 0.2) is 11.5 Å². The smallest absolute Gasteiger partial charge is 0.461 e. The van der Waals surface area contributed by atoms with Gasteiger partial charge in [0.1, 0.15) is 18.8 Å². The van der Waals surface area contributed by atoms with Crippen LogP contribution in [0.4, 0.5) is 9.59 Å². The lowest BCUT2D eigenvalue weighted by molar-refractivity contribution is -0.148. The Hall–Kier alpha value is -4.12. The molecule has 0 heterocycles. The number of nitrogens with two attached hydrogens (primary N) is 1. The lowest BCUT2D eigenvalue weighted by Crippen LogP contribution is -2.36. The molecule has 2 rings (SSSR count). The predicted molar refractivity (Wildman–Crippen MR) is 153 cm³/mol. The fraction of sp³-hybridized carbons (Fsp3) is 0.484. The molecule has 0 aliphatic heterocycles. The topological polar surface area (TPSA) is 150 Å². The number of ether oxygens (including phenoxy) is 6. The average molecular weight is 588 g/mol. The summed E-state index contributed by atoms with van der Waals surface area (Å²) in [6, 6.07) is 11.7. The van der Waals surface area contributed by atoms with Gasteiger partial charge in [0, 0.05) is 0 Å². The third kappa shape index (κ3) is 12.2. The van der Waals surface area contributed by atoms with Gasteiger partial charge in [-0.05, 0) is 55.0 Å². The van der Waals surface area contributed by atoms with Crippen LogP contribution >= 0.6 is 0 Å². The molecule has 2 N–H and O–H groups in total. The summed E-state index contributed by atoms with van der Waals surface area (Å²) in [5, 5.41) is 0. The maximum absolute atomic E-state index is 12.5. The van der Waals surface area contributed by atoms with Crippen LogP contribution in [0.15, 0.2) is 48.5 Å². The lowest BCUT2D eigenvalue weighted by atomic mass is 10.1. The monoisotopic (exact) mass is 587 g/mol. The number of hydrogen-bond donors (Lipinski definition) is 1. The van der Waals surface area contributed by atoms with Gasteiger partial charge in [0.2, 0.25) is 0 Å². The molecular formula is C31H41NO10. The van der Waals surface area contributed by atoms with Gasteiger partial charge in [-0.25, -0.2) is 14.4 Å². The Morgan fingerprint density at radius 1 is 0.738 bits per heavy atom. The standard InChI is InChI=1S/C31H41NO10/c1-6-20(3)17-38-30(35)41-26-14-13-23(16-27(26)42-31(36)39-18-21(4)7-2)15-25(32)29(34)37-19-22(5)40-28(33)24-11-9-8-10-12-24/h8-14,16,20-22,25H,6-7,15,17-19,32H2,1-5H3/t20?,21?,22-,25-/m0/s1. The van der Waals surface area contributed by atoms with E-state index in [0.717, 1.165) is 12.8 Å². The first kappa shape index (κ1) is 34.1. The summed E-state index contributed by atoms with van der Waals surface area (Å²) in [5.41, 5.74) is 6.93. The second-order valence-corrected chi connectivity index (χ2v) is 10.2. The fourth-order valence-electron chi connectivity index (χ4n) is 3.24. The van der Waals surface area contributed by atoms with Crippen molar-refractivity contribution in [3.8, 4) is 11.5 Å². The average Bonchev–Trinajstić information content (AvgIpc) is 2.98. The molecule has 4 atom stereocenters. The first-order valence-corrected chi connectivity index (χ1v) is 14.0. The third-order valence-corrected chi connectivity index (χ3v) is 6.30. The zero-order valence-electron chi connectivity index (χ0n) is 24.8. The van der Waals surface area contributed by atoms with Crippen LogP contribution in [0.2, 0.25) is 0 Å². The molecule has 0 saturated carbocycles. The summed E-state index contributed by atoms with van der Waals surface area (Å²) in [6.45, 7) is 9.51. The Bertz CT molecular complexity index is 1170. The van der Waals surface area contributed by atoms with E-state index in [1.807, 2.05) is 27.7 Å². The van der Waals surface area contributed by atoms with Crippen molar-refractivity contribution in [1.82, 2.24) is 0 Å². The molecule has 11 heteroatoms. The predicted octanol–water partition coefficient (Wildman–Crippen LogP) is 5.47. The highest BCUT2D eigenvalue weighted by atomic mass is 16.7. The maximum Gasteiger partial charge on any atom is 0.513 e. The van der Waals surface area contributed by atoms with Crippen molar-refractivity contribution in [2.75, 3.05) is 19.8 Å². The quantitative estimate of drug-likeness (QED) is 0.161. The minimum atomic E-state index is -1.08. The molecule has 11 nitrogen and oxygen atoms in total.